The summed E-state index contributed by atoms with van der Waals surface area (Å²) in [5.74, 6) is 5.83. The van der Waals surface area contributed by atoms with Gasteiger partial charge in [-0.15, -0.1) is 0 Å². The largest absolute Gasteiger partial charge is 0.351 e. The van der Waals surface area contributed by atoms with Crippen LogP contribution in [0.1, 0.15) is 18.2 Å². The van der Waals surface area contributed by atoms with Gasteiger partial charge < -0.3 is 5.32 Å². The Balaban J connectivity index is 2.64. The van der Waals surface area contributed by atoms with E-state index >= 15 is 0 Å². The average molecular weight is 210 g/mol. The second kappa shape index (κ2) is 5.35. The van der Waals surface area contributed by atoms with E-state index in [1.54, 1.807) is 7.05 Å². The van der Waals surface area contributed by atoms with E-state index in [-0.39, 0.29) is 0 Å². The second-order valence-electron chi connectivity index (χ2n) is 3.20. The van der Waals surface area contributed by atoms with Gasteiger partial charge in [0.2, 0.25) is 5.96 Å². The van der Waals surface area contributed by atoms with Gasteiger partial charge in [-0.3, -0.25) is 15.1 Å². The minimum absolute atomic E-state index is 0.570. The molecule has 0 spiro atoms. The molecule has 0 aliphatic rings. The molecule has 0 aliphatic carbocycles. The fraction of sp³-hybridized carbons (Fsp3) is 0.556. The molecule has 1 aromatic heterocycles. The molecule has 0 atom stereocenters. The highest BCUT2D eigenvalue weighted by Crippen LogP contribution is 2.06. The molecule has 0 radical (unpaired) electrons. The molecule has 0 amide bonds. The maximum absolute atomic E-state index is 5.26. The van der Waals surface area contributed by atoms with Crippen LogP contribution in [0.15, 0.2) is 11.2 Å². The third-order valence-corrected chi connectivity index (χ3v) is 2.13. The number of rotatable bonds is 3. The number of nitrogens with two attached hydrogens (primary N) is 1. The summed E-state index contributed by atoms with van der Waals surface area (Å²) in [6.45, 7) is 2.76. The lowest BCUT2D eigenvalue weighted by molar-refractivity contribution is 0.746. The van der Waals surface area contributed by atoms with Crippen molar-refractivity contribution in [3.63, 3.8) is 0 Å². The fourth-order valence-electron chi connectivity index (χ4n) is 1.40. The first-order chi connectivity index (χ1) is 7.21. The molecule has 0 aliphatic heterocycles. The van der Waals surface area contributed by atoms with Crippen molar-refractivity contribution in [1.29, 1.82) is 0 Å². The van der Waals surface area contributed by atoms with E-state index in [9.17, 15) is 0 Å². The second-order valence-corrected chi connectivity index (χ2v) is 3.20. The molecule has 1 rings (SSSR count). The highest BCUT2D eigenvalue weighted by molar-refractivity contribution is 5.78. The van der Waals surface area contributed by atoms with Crippen LogP contribution in [0.5, 0.6) is 0 Å². The average Bonchev–Trinajstić information content (AvgIpc) is 2.60. The number of hydrogen-bond acceptors (Lipinski definition) is 3. The van der Waals surface area contributed by atoms with Crippen LogP contribution < -0.4 is 16.6 Å². The third-order valence-electron chi connectivity index (χ3n) is 2.13. The molecule has 1 heterocycles. The van der Waals surface area contributed by atoms with E-state index in [0.717, 1.165) is 17.7 Å². The Morgan fingerprint density at radius 2 is 2.40 bits per heavy atom. The van der Waals surface area contributed by atoms with Gasteiger partial charge in [-0.05, 0) is 6.42 Å². The smallest absolute Gasteiger partial charge is 0.205 e. The summed E-state index contributed by atoms with van der Waals surface area (Å²) in [5, 5.41) is 7.43. The van der Waals surface area contributed by atoms with Crippen LogP contribution in [-0.4, -0.2) is 22.8 Å². The molecule has 4 N–H and O–H groups in total. The number of guanidine groups is 1. The topological polar surface area (TPSA) is 80.3 Å². The maximum atomic E-state index is 5.26. The van der Waals surface area contributed by atoms with Gasteiger partial charge in [0.15, 0.2) is 0 Å². The molecule has 15 heavy (non-hydrogen) atoms. The standard InChI is InChI=1S/C9H18N6/c1-4-8-7(6-15(3)14-8)5-12-9(11-2)13-10/h6H,4-5,10H2,1-3H3,(H2,11,12,13). The zero-order valence-corrected chi connectivity index (χ0v) is 9.41. The molecule has 0 fully saturated rings. The van der Waals surface area contributed by atoms with Crippen molar-refractivity contribution in [2.75, 3.05) is 7.05 Å². The maximum Gasteiger partial charge on any atom is 0.205 e. The van der Waals surface area contributed by atoms with Crippen LogP contribution in [0, 0.1) is 0 Å². The Labute approximate surface area is 89.5 Å². The molecular weight excluding hydrogens is 192 g/mol. The van der Waals surface area contributed by atoms with Crippen molar-refractivity contribution in [1.82, 2.24) is 20.5 Å². The van der Waals surface area contributed by atoms with Gasteiger partial charge in [-0.1, -0.05) is 6.92 Å². The molecule has 6 heteroatoms. The normalized spacial score (nSPS) is 11.6. The molecule has 84 valence electrons. The lowest BCUT2D eigenvalue weighted by Crippen LogP contribution is -2.41. The Hall–Kier alpha value is -1.56. The zero-order valence-electron chi connectivity index (χ0n) is 9.41. The number of nitrogens with zero attached hydrogens (tertiary/aromatic N) is 3. The first-order valence-electron chi connectivity index (χ1n) is 4.89. The summed E-state index contributed by atoms with van der Waals surface area (Å²) in [6, 6.07) is 0. The van der Waals surface area contributed by atoms with Crippen LogP contribution in [0.4, 0.5) is 0 Å². The van der Waals surface area contributed by atoms with Crippen LogP contribution >= 0.6 is 0 Å². The van der Waals surface area contributed by atoms with Gasteiger partial charge in [0, 0.05) is 32.4 Å². The molecule has 6 nitrogen and oxygen atoms in total. The van der Waals surface area contributed by atoms with Crippen LogP contribution in [-0.2, 0) is 20.0 Å². The number of hydrazine groups is 1. The van der Waals surface area contributed by atoms with E-state index in [4.69, 9.17) is 5.84 Å². The van der Waals surface area contributed by atoms with Crippen molar-refractivity contribution < 1.29 is 0 Å². The predicted octanol–water partition coefficient (Wildman–Crippen LogP) is -0.479. The van der Waals surface area contributed by atoms with Gasteiger partial charge >= 0.3 is 0 Å². The van der Waals surface area contributed by atoms with E-state index in [1.165, 1.54) is 0 Å². The Bertz CT molecular complexity index is 340. The molecule has 0 unspecified atom stereocenters. The first kappa shape index (κ1) is 11.5. The molecule has 0 saturated heterocycles. The molecule has 0 saturated carbocycles. The lowest BCUT2D eigenvalue weighted by atomic mass is 10.2. The minimum Gasteiger partial charge on any atom is -0.351 e. The van der Waals surface area contributed by atoms with E-state index < -0.39 is 0 Å². The van der Waals surface area contributed by atoms with Gasteiger partial charge in [0.1, 0.15) is 0 Å². The Morgan fingerprint density at radius 1 is 1.67 bits per heavy atom. The van der Waals surface area contributed by atoms with Crippen molar-refractivity contribution >= 4 is 5.96 Å². The predicted molar refractivity (Wildman–Crippen MR) is 60.1 cm³/mol. The monoisotopic (exact) mass is 210 g/mol. The first-order valence-corrected chi connectivity index (χ1v) is 4.89. The molecule has 1 aromatic rings. The van der Waals surface area contributed by atoms with Crippen LogP contribution in [0.3, 0.4) is 0 Å². The number of hydrogen-bond donors (Lipinski definition) is 3. The van der Waals surface area contributed by atoms with E-state index in [1.807, 2.05) is 17.9 Å². The van der Waals surface area contributed by atoms with Gasteiger partial charge in [-0.25, -0.2) is 5.84 Å². The van der Waals surface area contributed by atoms with Crippen molar-refractivity contribution in [2.24, 2.45) is 17.9 Å². The van der Waals surface area contributed by atoms with Gasteiger partial charge in [-0.2, -0.15) is 5.10 Å². The quantitative estimate of drug-likeness (QED) is 0.272. The highest BCUT2D eigenvalue weighted by Gasteiger charge is 2.05. The molecular formula is C9H18N6. The molecule has 0 bridgehead atoms. The van der Waals surface area contributed by atoms with Crippen molar-refractivity contribution in [2.45, 2.75) is 19.9 Å². The summed E-state index contributed by atoms with van der Waals surface area (Å²) < 4.78 is 1.81. The number of nitrogens with one attached hydrogen (secondary N) is 2. The summed E-state index contributed by atoms with van der Waals surface area (Å²) in [6.07, 6.45) is 2.92. The zero-order chi connectivity index (χ0) is 11.3. The number of aromatic nitrogens is 2. The van der Waals surface area contributed by atoms with Crippen LogP contribution in [0.2, 0.25) is 0 Å². The summed E-state index contributed by atoms with van der Waals surface area (Å²) in [5.41, 5.74) is 4.74. The van der Waals surface area contributed by atoms with Gasteiger partial charge in [0.05, 0.1) is 5.69 Å². The highest BCUT2D eigenvalue weighted by atomic mass is 15.3. The van der Waals surface area contributed by atoms with Crippen molar-refractivity contribution in [3.8, 4) is 0 Å². The Kier molecular flexibility index (Phi) is 4.11. The van der Waals surface area contributed by atoms with Crippen LogP contribution in [0.25, 0.3) is 0 Å². The SMILES string of the molecule is CCc1nn(C)cc1CNC(=NC)NN. The van der Waals surface area contributed by atoms with E-state index in [0.29, 0.717) is 12.5 Å². The summed E-state index contributed by atoms with van der Waals surface area (Å²) in [7, 11) is 3.59. The number of aryl methyl sites for hydroxylation is 2. The van der Waals surface area contributed by atoms with E-state index in [2.05, 4.69) is 27.8 Å². The fourth-order valence-corrected chi connectivity index (χ4v) is 1.40. The third kappa shape index (κ3) is 2.95. The summed E-state index contributed by atoms with van der Waals surface area (Å²) in [4.78, 5) is 3.93. The Morgan fingerprint density at radius 3 is 2.93 bits per heavy atom. The minimum atomic E-state index is 0.570. The van der Waals surface area contributed by atoms with Gasteiger partial charge in [0.25, 0.3) is 0 Å². The summed E-state index contributed by atoms with van der Waals surface area (Å²) >= 11 is 0. The molecule has 0 aromatic carbocycles. The number of aliphatic imine (C=N–C) groups is 1. The van der Waals surface area contributed by atoms with Crippen molar-refractivity contribution in [3.05, 3.63) is 17.5 Å². The lowest BCUT2D eigenvalue weighted by Gasteiger charge is -2.07.